The van der Waals surface area contributed by atoms with E-state index in [9.17, 15) is 9.59 Å². The molecule has 3 amide bonds. The second-order valence-electron chi connectivity index (χ2n) is 8.17. The molecule has 30 heavy (non-hydrogen) atoms. The molecule has 2 aromatic rings. The molecule has 2 N–H and O–H groups in total. The number of carbonyl (C=O) groups is 2. The molecule has 0 aliphatic carbocycles. The zero-order valence-corrected chi connectivity index (χ0v) is 18.0. The lowest BCUT2D eigenvalue weighted by Gasteiger charge is -2.37. The van der Waals surface area contributed by atoms with Gasteiger partial charge in [0.2, 0.25) is 5.91 Å². The van der Waals surface area contributed by atoms with Crippen molar-refractivity contribution in [1.82, 2.24) is 15.5 Å². The minimum Gasteiger partial charge on any atom is -0.349 e. The molecule has 1 aliphatic heterocycles. The Hall–Kier alpha value is -2.82. The highest BCUT2D eigenvalue weighted by molar-refractivity contribution is 5.81. The van der Waals surface area contributed by atoms with Gasteiger partial charge in [-0.05, 0) is 30.9 Å². The average Bonchev–Trinajstić information content (AvgIpc) is 2.80. The van der Waals surface area contributed by atoms with Crippen LogP contribution in [0, 0.1) is 5.92 Å². The van der Waals surface area contributed by atoms with E-state index >= 15 is 0 Å². The zero-order valence-electron chi connectivity index (χ0n) is 18.0. The van der Waals surface area contributed by atoms with Crippen molar-refractivity contribution < 1.29 is 9.59 Å². The van der Waals surface area contributed by atoms with E-state index in [2.05, 4.69) is 29.7 Å². The van der Waals surface area contributed by atoms with Crippen molar-refractivity contribution in [3.63, 3.8) is 0 Å². The third-order valence-electron chi connectivity index (χ3n) is 5.84. The Morgan fingerprint density at radius 2 is 1.70 bits per heavy atom. The van der Waals surface area contributed by atoms with Gasteiger partial charge in [0.25, 0.3) is 0 Å². The molecule has 0 bridgehead atoms. The van der Waals surface area contributed by atoms with Gasteiger partial charge in [-0.3, -0.25) is 4.79 Å². The predicted molar refractivity (Wildman–Crippen MR) is 120 cm³/mol. The Labute approximate surface area is 179 Å². The summed E-state index contributed by atoms with van der Waals surface area (Å²) >= 11 is 0. The van der Waals surface area contributed by atoms with Gasteiger partial charge in [-0.25, -0.2) is 4.79 Å². The van der Waals surface area contributed by atoms with Gasteiger partial charge in [-0.2, -0.15) is 0 Å². The van der Waals surface area contributed by atoms with Gasteiger partial charge >= 0.3 is 6.03 Å². The van der Waals surface area contributed by atoms with Crippen LogP contribution in [0.15, 0.2) is 60.7 Å². The Morgan fingerprint density at radius 1 is 1.03 bits per heavy atom. The van der Waals surface area contributed by atoms with E-state index in [-0.39, 0.29) is 29.8 Å². The number of nitrogens with zero attached hydrogens (tertiary/aromatic N) is 1. The third kappa shape index (κ3) is 5.85. The fourth-order valence-corrected chi connectivity index (χ4v) is 4.06. The molecule has 1 heterocycles. The standard InChI is InChI=1S/C25H33N3O2/c1-3-4-15-26-25(30)28-17-22(21-13-9-6-10-14-21)16-23(18-28)24(29)27-19(2)20-11-7-5-8-12-20/h5-14,19,22-23H,3-4,15-18H2,1-2H3,(H,26,30)(H,27,29)/t19-,22+,23-/m1/s1. The Kier molecular flexibility index (Phi) is 7.89. The molecular formula is C25H33N3O2. The SMILES string of the molecule is CCCCNC(=O)N1C[C@H](C(=O)N[C@H](C)c2ccccc2)C[C@H](c2ccccc2)C1. The van der Waals surface area contributed by atoms with Crippen molar-refractivity contribution in [2.45, 2.75) is 45.1 Å². The molecule has 1 fully saturated rings. The quantitative estimate of drug-likeness (QED) is 0.665. The van der Waals surface area contributed by atoms with Crippen molar-refractivity contribution >= 4 is 11.9 Å². The van der Waals surface area contributed by atoms with E-state index in [1.165, 1.54) is 5.56 Å². The lowest BCUT2D eigenvalue weighted by Crippen LogP contribution is -2.51. The number of nitrogens with one attached hydrogen (secondary N) is 2. The van der Waals surface area contributed by atoms with Gasteiger partial charge in [0.15, 0.2) is 0 Å². The van der Waals surface area contributed by atoms with Crippen molar-refractivity contribution in [3.05, 3.63) is 71.8 Å². The molecule has 3 rings (SSSR count). The molecule has 5 nitrogen and oxygen atoms in total. The first-order valence-electron chi connectivity index (χ1n) is 11.0. The zero-order chi connectivity index (χ0) is 21.3. The van der Waals surface area contributed by atoms with Crippen LogP contribution in [0.5, 0.6) is 0 Å². The molecule has 2 aromatic carbocycles. The number of carbonyl (C=O) groups excluding carboxylic acids is 2. The van der Waals surface area contributed by atoms with Gasteiger partial charge in [-0.1, -0.05) is 74.0 Å². The molecule has 0 radical (unpaired) electrons. The molecule has 1 saturated heterocycles. The number of rotatable bonds is 7. The largest absolute Gasteiger partial charge is 0.349 e. The fraction of sp³-hybridized carbons (Fsp3) is 0.440. The maximum Gasteiger partial charge on any atom is 0.317 e. The minimum absolute atomic E-state index is 0.0124. The molecule has 0 spiro atoms. The molecular weight excluding hydrogens is 374 g/mol. The van der Waals surface area contributed by atoms with Gasteiger partial charge in [0.05, 0.1) is 12.0 Å². The van der Waals surface area contributed by atoms with Crippen LogP contribution in [0.3, 0.4) is 0 Å². The van der Waals surface area contributed by atoms with E-state index in [1.54, 1.807) is 0 Å². The highest BCUT2D eigenvalue weighted by atomic mass is 16.2. The number of amides is 3. The Bertz CT molecular complexity index is 810. The lowest BCUT2D eigenvalue weighted by molar-refractivity contribution is -0.127. The van der Waals surface area contributed by atoms with Gasteiger partial charge in [0.1, 0.15) is 0 Å². The molecule has 3 atom stereocenters. The van der Waals surface area contributed by atoms with Crippen LogP contribution in [0.2, 0.25) is 0 Å². The molecule has 0 unspecified atom stereocenters. The van der Waals surface area contributed by atoms with Crippen molar-refractivity contribution in [1.29, 1.82) is 0 Å². The Balaban J connectivity index is 1.71. The summed E-state index contributed by atoms with van der Waals surface area (Å²) in [6.07, 6.45) is 2.74. The molecule has 0 aromatic heterocycles. The first-order valence-corrected chi connectivity index (χ1v) is 11.0. The van der Waals surface area contributed by atoms with Crippen LogP contribution in [0.4, 0.5) is 4.79 Å². The van der Waals surface area contributed by atoms with Crippen LogP contribution >= 0.6 is 0 Å². The number of benzene rings is 2. The number of hydrogen-bond acceptors (Lipinski definition) is 2. The summed E-state index contributed by atoms with van der Waals surface area (Å²) in [4.78, 5) is 27.7. The normalized spacial score (nSPS) is 19.7. The fourth-order valence-electron chi connectivity index (χ4n) is 4.06. The van der Waals surface area contributed by atoms with Crippen LogP contribution in [0.25, 0.3) is 0 Å². The minimum atomic E-state index is -0.230. The van der Waals surface area contributed by atoms with E-state index < -0.39 is 0 Å². The van der Waals surface area contributed by atoms with Crippen LogP contribution < -0.4 is 10.6 Å². The van der Waals surface area contributed by atoms with Crippen molar-refractivity contribution in [2.75, 3.05) is 19.6 Å². The molecule has 0 saturated carbocycles. The first kappa shape index (κ1) is 21.9. The Morgan fingerprint density at radius 3 is 2.37 bits per heavy atom. The van der Waals surface area contributed by atoms with Crippen LogP contribution in [-0.2, 0) is 4.79 Å². The topological polar surface area (TPSA) is 61.4 Å². The summed E-state index contributed by atoms with van der Waals surface area (Å²) in [6.45, 7) is 5.87. The molecule has 160 valence electrons. The maximum absolute atomic E-state index is 13.1. The van der Waals surface area contributed by atoms with Crippen molar-refractivity contribution in [2.24, 2.45) is 5.92 Å². The van der Waals surface area contributed by atoms with Crippen LogP contribution in [0.1, 0.15) is 56.2 Å². The number of unbranched alkanes of at least 4 members (excludes halogenated alkanes) is 1. The number of likely N-dealkylation sites (tertiary alicyclic amines) is 1. The monoisotopic (exact) mass is 407 g/mol. The average molecular weight is 408 g/mol. The van der Waals surface area contributed by atoms with Crippen molar-refractivity contribution in [3.8, 4) is 0 Å². The predicted octanol–water partition coefficient (Wildman–Crippen LogP) is 4.48. The lowest BCUT2D eigenvalue weighted by atomic mass is 9.84. The summed E-state index contributed by atoms with van der Waals surface area (Å²) in [6, 6.07) is 20.0. The van der Waals surface area contributed by atoms with E-state index in [0.29, 0.717) is 19.6 Å². The number of piperidine rings is 1. The summed E-state index contributed by atoms with van der Waals surface area (Å²) in [7, 11) is 0. The van der Waals surface area contributed by atoms with E-state index in [1.807, 2.05) is 60.4 Å². The van der Waals surface area contributed by atoms with Gasteiger partial charge < -0.3 is 15.5 Å². The third-order valence-corrected chi connectivity index (χ3v) is 5.84. The van der Waals surface area contributed by atoms with Gasteiger partial charge in [-0.15, -0.1) is 0 Å². The highest BCUT2D eigenvalue weighted by Gasteiger charge is 2.34. The summed E-state index contributed by atoms with van der Waals surface area (Å²) in [5, 5.41) is 6.16. The van der Waals surface area contributed by atoms with E-state index in [0.717, 1.165) is 24.8 Å². The second kappa shape index (κ2) is 10.8. The van der Waals surface area contributed by atoms with Gasteiger partial charge in [0, 0.05) is 25.6 Å². The van der Waals surface area contributed by atoms with Crippen LogP contribution in [-0.4, -0.2) is 36.5 Å². The number of hydrogen-bond donors (Lipinski definition) is 2. The summed E-state index contributed by atoms with van der Waals surface area (Å²) in [5.74, 6) is -0.0648. The molecule has 1 aliphatic rings. The molecule has 5 heteroatoms. The first-order chi connectivity index (χ1) is 14.6. The number of urea groups is 1. The maximum atomic E-state index is 13.1. The smallest absolute Gasteiger partial charge is 0.317 e. The highest BCUT2D eigenvalue weighted by Crippen LogP contribution is 2.31. The second-order valence-corrected chi connectivity index (χ2v) is 8.17. The van der Waals surface area contributed by atoms with E-state index in [4.69, 9.17) is 0 Å². The summed E-state index contributed by atoms with van der Waals surface area (Å²) < 4.78 is 0. The summed E-state index contributed by atoms with van der Waals surface area (Å²) in [5.41, 5.74) is 2.26.